The Morgan fingerprint density at radius 1 is 0.635 bits per heavy atom. The molecule has 5 aromatic rings. The second kappa shape index (κ2) is 15.0. The van der Waals surface area contributed by atoms with E-state index < -0.39 is 0 Å². The van der Waals surface area contributed by atoms with Crippen LogP contribution in [0.1, 0.15) is 121 Å². The van der Waals surface area contributed by atoms with E-state index in [1.807, 2.05) is 0 Å². The lowest BCUT2D eigenvalue weighted by Gasteiger charge is -2.52. The second-order valence-electron chi connectivity index (χ2n) is 19.6. The highest BCUT2D eigenvalue weighted by Gasteiger charge is 2.50. The molecule has 1 saturated carbocycles. The predicted molar refractivity (Wildman–Crippen MR) is 264 cm³/mol. The molecule has 1 fully saturated rings. The molecule has 0 radical (unpaired) electrons. The van der Waals surface area contributed by atoms with Gasteiger partial charge in [0.1, 0.15) is 0 Å². The lowest BCUT2D eigenvalue weighted by Crippen LogP contribution is -2.40. The first-order valence-corrected chi connectivity index (χ1v) is 24.1. The van der Waals surface area contributed by atoms with Crippen LogP contribution in [0.25, 0.3) is 28.5 Å². The van der Waals surface area contributed by atoms with Gasteiger partial charge >= 0.3 is 0 Å². The quantitative estimate of drug-likeness (QED) is 0.154. The molecule has 0 aliphatic heterocycles. The molecule has 14 rings (SSSR count). The van der Waals surface area contributed by atoms with E-state index in [1.165, 1.54) is 82.2 Å². The van der Waals surface area contributed by atoms with Gasteiger partial charge in [-0.25, -0.2) is 0 Å². The van der Waals surface area contributed by atoms with E-state index in [0.29, 0.717) is 29.6 Å². The highest BCUT2D eigenvalue weighted by atomic mass is 15.2. The molecule has 9 aliphatic carbocycles. The van der Waals surface area contributed by atoms with Crippen molar-refractivity contribution < 1.29 is 0 Å². The van der Waals surface area contributed by atoms with Gasteiger partial charge in [-0.1, -0.05) is 177 Å². The number of rotatable bonds is 6. The number of allylic oxidation sites excluding steroid dienone is 15. The van der Waals surface area contributed by atoms with Crippen molar-refractivity contribution in [1.82, 2.24) is 0 Å². The number of para-hydroxylation sites is 1. The monoisotopic (exact) mass is 813 g/mol. The molecular weight excluding hydrogens is 759 g/mol. The SMILES string of the molecule is C1=CC2C3C4=C(CC(c5ccc6cc(/C=C/c7ccc8c(c7)C7(CCCCC7)C7=C8CCC(N(C8=CCCC=C8)c8ccccc8)=C7)ccc6c5)C=C4)C(c4ccccc43)C2C=C1. The molecule has 5 unspecified atom stereocenters. The molecule has 1 nitrogen and oxygen atoms in total. The summed E-state index contributed by atoms with van der Waals surface area (Å²) >= 11 is 0. The lowest BCUT2D eigenvalue weighted by atomic mass is 9.51. The molecule has 5 aromatic carbocycles. The third-order valence-corrected chi connectivity index (χ3v) is 16.4. The zero-order chi connectivity index (χ0) is 41.5. The van der Waals surface area contributed by atoms with Crippen molar-refractivity contribution in [1.29, 1.82) is 0 Å². The summed E-state index contributed by atoms with van der Waals surface area (Å²) in [6.45, 7) is 0. The van der Waals surface area contributed by atoms with Crippen LogP contribution in [-0.4, -0.2) is 0 Å². The lowest BCUT2D eigenvalue weighted by molar-refractivity contribution is 0.319. The molecule has 0 aromatic heterocycles. The van der Waals surface area contributed by atoms with Crippen LogP contribution in [0.5, 0.6) is 0 Å². The standard InChI is InChI=1S/C62H55N/c1-4-14-47(15-5-1)63(48-16-6-2-7-17-48)49-30-33-51-50-31-25-42(37-58(50)62(59(51)40-49)34-12-3-13-35-62)23-22-41-24-26-44-38-45(28-27-43(44)36-41)46-29-32-56-57(39-46)61-54-20-10-8-18-52(54)60(56)53-19-9-11-21-55(53)61/h1,4-6,8-11,14-29,31-32,36-38,40,46,52,54,60-61H,2-3,7,12-13,30,33-35,39H2/b23-22+. The maximum Gasteiger partial charge on any atom is 0.0458 e. The minimum Gasteiger partial charge on any atom is -0.315 e. The average molecular weight is 814 g/mol. The van der Waals surface area contributed by atoms with E-state index in [9.17, 15) is 0 Å². The largest absolute Gasteiger partial charge is 0.315 e. The summed E-state index contributed by atoms with van der Waals surface area (Å²) in [6.07, 6.45) is 41.0. The van der Waals surface area contributed by atoms with Crippen LogP contribution in [0, 0.1) is 11.8 Å². The molecule has 2 bridgehead atoms. The summed E-state index contributed by atoms with van der Waals surface area (Å²) in [5.41, 5.74) is 20.9. The third kappa shape index (κ3) is 6.02. The van der Waals surface area contributed by atoms with Crippen molar-refractivity contribution in [3.8, 4) is 0 Å². The van der Waals surface area contributed by atoms with E-state index >= 15 is 0 Å². The fourth-order valence-electron chi connectivity index (χ4n) is 13.6. The van der Waals surface area contributed by atoms with E-state index in [1.54, 1.807) is 39.0 Å². The fraction of sp³-hybridized carbons (Fsp3) is 0.258. The molecule has 308 valence electrons. The first-order valence-electron chi connectivity index (χ1n) is 24.1. The predicted octanol–water partition coefficient (Wildman–Crippen LogP) is 16.0. The molecule has 1 heteroatoms. The number of hydrogen-bond acceptors (Lipinski definition) is 1. The molecule has 0 N–H and O–H groups in total. The minimum atomic E-state index is 0.109. The molecule has 63 heavy (non-hydrogen) atoms. The third-order valence-electron chi connectivity index (χ3n) is 16.4. The van der Waals surface area contributed by atoms with Crippen LogP contribution in [-0.2, 0) is 5.41 Å². The van der Waals surface area contributed by atoms with E-state index in [4.69, 9.17) is 0 Å². The summed E-state index contributed by atoms with van der Waals surface area (Å²) in [4.78, 5) is 2.55. The Morgan fingerprint density at radius 2 is 1.38 bits per heavy atom. The number of nitrogens with zero attached hydrogens (tertiary/aromatic N) is 1. The molecule has 1 spiro atoms. The van der Waals surface area contributed by atoms with Crippen molar-refractivity contribution >= 4 is 34.2 Å². The Hall–Kier alpha value is -6.18. The van der Waals surface area contributed by atoms with E-state index in [-0.39, 0.29) is 5.41 Å². The van der Waals surface area contributed by atoms with Crippen LogP contribution < -0.4 is 4.90 Å². The van der Waals surface area contributed by atoms with Crippen LogP contribution in [0.2, 0.25) is 0 Å². The first kappa shape index (κ1) is 37.4. The van der Waals surface area contributed by atoms with Gasteiger partial charge < -0.3 is 4.90 Å². The molecule has 0 amide bonds. The Bertz CT molecular complexity index is 2980. The summed E-state index contributed by atoms with van der Waals surface area (Å²) in [6, 6.07) is 42.0. The van der Waals surface area contributed by atoms with Crippen molar-refractivity contribution in [3.63, 3.8) is 0 Å². The summed E-state index contributed by atoms with van der Waals surface area (Å²) in [5, 5.41) is 2.64. The molecule has 5 atom stereocenters. The second-order valence-corrected chi connectivity index (χ2v) is 19.6. The Balaban J connectivity index is 0.768. The van der Waals surface area contributed by atoms with Gasteiger partial charge in [0.25, 0.3) is 0 Å². The Morgan fingerprint density at radius 3 is 2.21 bits per heavy atom. The number of benzene rings is 5. The van der Waals surface area contributed by atoms with Gasteiger partial charge in [0.15, 0.2) is 0 Å². The number of hydrogen-bond donors (Lipinski definition) is 0. The van der Waals surface area contributed by atoms with Crippen LogP contribution in [0.15, 0.2) is 198 Å². The Kier molecular flexibility index (Phi) is 8.89. The summed E-state index contributed by atoms with van der Waals surface area (Å²) in [5.74, 6) is 2.51. The number of fused-ring (bicyclic) bond motifs is 5. The highest BCUT2D eigenvalue weighted by Crippen LogP contribution is 2.63. The fourth-order valence-corrected chi connectivity index (χ4v) is 13.6. The minimum absolute atomic E-state index is 0.109. The normalized spacial score (nSPS) is 25.8. The molecule has 0 heterocycles. The zero-order valence-corrected chi connectivity index (χ0v) is 36.2. The van der Waals surface area contributed by atoms with Crippen LogP contribution in [0.3, 0.4) is 0 Å². The van der Waals surface area contributed by atoms with Crippen molar-refractivity contribution in [2.45, 2.75) is 87.4 Å². The molecular formula is C62H55N. The van der Waals surface area contributed by atoms with Gasteiger partial charge in [-0.05, 0) is 154 Å². The van der Waals surface area contributed by atoms with Crippen molar-refractivity contribution in [3.05, 3.63) is 237 Å². The smallest absolute Gasteiger partial charge is 0.0458 e. The topological polar surface area (TPSA) is 3.24 Å². The molecule has 0 saturated heterocycles. The van der Waals surface area contributed by atoms with Crippen molar-refractivity contribution in [2.24, 2.45) is 11.8 Å². The number of anilines is 1. The Labute approximate surface area is 373 Å². The van der Waals surface area contributed by atoms with Crippen LogP contribution in [0.4, 0.5) is 5.69 Å². The van der Waals surface area contributed by atoms with Gasteiger partial charge in [0, 0.05) is 40.3 Å². The molecule has 9 aliphatic rings. The van der Waals surface area contributed by atoms with Gasteiger partial charge in [-0.15, -0.1) is 0 Å². The average Bonchev–Trinajstić information content (AvgIpc) is 3.60. The summed E-state index contributed by atoms with van der Waals surface area (Å²) < 4.78 is 0. The van der Waals surface area contributed by atoms with Crippen LogP contribution >= 0.6 is 0 Å². The first-order chi connectivity index (χ1) is 31.2. The van der Waals surface area contributed by atoms with Gasteiger partial charge in [0.05, 0.1) is 0 Å². The zero-order valence-electron chi connectivity index (χ0n) is 36.2. The van der Waals surface area contributed by atoms with E-state index in [2.05, 4.69) is 187 Å². The maximum absolute atomic E-state index is 2.63. The summed E-state index contributed by atoms with van der Waals surface area (Å²) in [7, 11) is 0. The van der Waals surface area contributed by atoms with Gasteiger partial charge in [-0.3, -0.25) is 0 Å². The van der Waals surface area contributed by atoms with Crippen molar-refractivity contribution in [2.75, 3.05) is 4.90 Å². The van der Waals surface area contributed by atoms with Gasteiger partial charge in [0.2, 0.25) is 0 Å². The van der Waals surface area contributed by atoms with Gasteiger partial charge in [-0.2, -0.15) is 0 Å². The highest BCUT2D eigenvalue weighted by molar-refractivity contribution is 5.88. The maximum atomic E-state index is 2.63. The van der Waals surface area contributed by atoms with E-state index in [0.717, 1.165) is 32.1 Å².